The monoisotopic (exact) mass is 149 g/mol. The maximum atomic E-state index is 10.8. The van der Waals surface area contributed by atoms with Gasteiger partial charge in [0, 0.05) is 0 Å². The molecule has 1 aromatic carbocycles. The largest absolute Gasteiger partial charge is 0.507 e. The zero-order valence-electron chi connectivity index (χ0n) is 6.29. The lowest BCUT2D eigenvalue weighted by atomic mass is 10.1. The minimum Gasteiger partial charge on any atom is -0.507 e. The van der Waals surface area contributed by atoms with Crippen molar-refractivity contribution in [2.45, 2.75) is 6.92 Å². The van der Waals surface area contributed by atoms with Gasteiger partial charge in [0.2, 0.25) is 0 Å². The predicted molar refractivity (Wildman–Crippen MR) is 42.6 cm³/mol. The van der Waals surface area contributed by atoms with Gasteiger partial charge in [-0.15, -0.1) is 0 Å². The number of phenolic OH excluding ortho intramolecular Hbond substituents is 1. The Morgan fingerprint density at radius 1 is 1.55 bits per heavy atom. The van der Waals surface area contributed by atoms with Gasteiger partial charge in [-0.25, -0.2) is 0 Å². The molecular weight excluding hydrogens is 140 g/mol. The second kappa shape index (κ2) is 2.74. The first-order valence-electron chi connectivity index (χ1n) is 3.28. The van der Waals surface area contributed by atoms with Gasteiger partial charge < -0.3 is 5.11 Å². The number of carbonyl (C=O) groups excluding carboxylic acids is 1. The van der Waals surface area contributed by atoms with E-state index < -0.39 is 0 Å². The van der Waals surface area contributed by atoms with E-state index in [0.29, 0.717) is 11.1 Å². The van der Waals surface area contributed by atoms with Crippen molar-refractivity contribution in [1.29, 1.82) is 0 Å². The van der Waals surface area contributed by atoms with Gasteiger partial charge in [-0.05, 0) is 25.5 Å². The van der Waals surface area contributed by atoms with Crippen LogP contribution in [-0.4, -0.2) is 10.9 Å². The number of ketones is 1. The molecule has 0 aliphatic rings. The molecular formula is C9H9O2. The van der Waals surface area contributed by atoms with Gasteiger partial charge in [0.25, 0.3) is 0 Å². The molecule has 0 bridgehead atoms. The molecule has 2 heteroatoms. The second-order valence-electron chi connectivity index (χ2n) is 2.37. The highest BCUT2D eigenvalue weighted by molar-refractivity contribution is 5.97. The van der Waals surface area contributed by atoms with E-state index in [0.717, 1.165) is 0 Å². The second-order valence-corrected chi connectivity index (χ2v) is 2.37. The Kier molecular flexibility index (Phi) is 1.94. The summed E-state index contributed by atoms with van der Waals surface area (Å²) in [6.07, 6.45) is 0. The van der Waals surface area contributed by atoms with Crippen molar-refractivity contribution in [3.8, 4) is 5.75 Å². The van der Waals surface area contributed by atoms with Crippen LogP contribution in [0.4, 0.5) is 0 Å². The molecule has 1 N–H and O–H groups in total. The summed E-state index contributed by atoms with van der Waals surface area (Å²) >= 11 is 0. The smallest absolute Gasteiger partial charge is 0.163 e. The van der Waals surface area contributed by atoms with E-state index in [1.54, 1.807) is 18.2 Å². The van der Waals surface area contributed by atoms with Crippen LogP contribution < -0.4 is 0 Å². The lowest BCUT2D eigenvalue weighted by molar-refractivity contribution is 0.101. The zero-order chi connectivity index (χ0) is 8.43. The first-order valence-corrected chi connectivity index (χ1v) is 3.28. The standard InChI is InChI=1S/C9H9O2/c1-6-4-3-5-8(7(2)10)9(6)11/h3-5,11H,1H2,2H3. The molecule has 0 spiro atoms. The predicted octanol–water partition coefficient (Wildman–Crippen LogP) is 1.78. The summed E-state index contributed by atoms with van der Waals surface area (Å²) in [5.74, 6) is -0.159. The Morgan fingerprint density at radius 2 is 2.18 bits per heavy atom. The van der Waals surface area contributed by atoms with E-state index in [1.807, 2.05) is 0 Å². The average Bonchev–Trinajstić information content (AvgIpc) is 1.94. The fourth-order valence-corrected chi connectivity index (χ4v) is 0.875. The highest BCUT2D eigenvalue weighted by Crippen LogP contribution is 2.21. The molecule has 0 saturated carbocycles. The number of Topliss-reactive ketones (excluding diaryl/α,β-unsaturated/α-hetero) is 1. The molecule has 0 fully saturated rings. The van der Waals surface area contributed by atoms with Crippen LogP contribution in [0, 0.1) is 6.92 Å². The van der Waals surface area contributed by atoms with E-state index in [1.165, 1.54) is 6.92 Å². The fourth-order valence-electron chi connectivity index (χ4n) is 0.875. The van der Waals surface area contributed by atoms with Crippen molar-refractivity contribution in [3.63, 3.8) is 0 Å². The van der Waals surface area contributed by atoms with Crippen molar-refractivity contribution in [1.82, 2.24) is 0 Å². The highest BCUT2D eigenvalue weighted by Gasteiger charge is 2.06. The van der Waals surface area contributed by atoms with Crippen LogP contribution in [0.3, 0.4) is 0 Å². The molecule has 0 saturated heterocycles. The Labute approximate surface area is 65.5 Å². The fraction of sp³-hybridized carbons (Fsp3) is 0.111. The SMILES string of the molecule is [CH2]c1cccc(C(C)=O)c1O. The normalized spacial score (nSPS) is 9.64. The first kappa shape index (κ1) is 7.79. The lowest BCUT2D eigenvalue weighted by Gasteiger charge is -2.01. The molecule has 0 aliphatic heterocycles. The van der Waals surface area contributed by atoms with Gasteiger partial charge in [0.15, 0.2) is 5.78 Å². The molecule has 0 aliphatic carbocycles. The first-order chi connectivity index (χ1) is 5.13. The molecule has 0 amide bonds. The van der Waals surface area contributed by atoms with E-state index >= 15 is 0 Å². The number of phenols is 1. The molecule has 11 heavy (non-hydrogen) atoms. The maximum Gasteiger partial charge on any atom is 0.163 e. The molecule has 0 atom stereocenters. The van der Waals surface area contributed by atoms with E-state index in [4.69, 9.17) is 0 Å². The van der Waals surface area contributed by atoms with Crippen LogP contribution in [0.2, 0.25) is 0 Å². The number of hydrogen-bond acceptors (Lipinski definition) is 2. The summed E-state index contributed by atoms with van der Waals surface area (Å²) in [7, 11) is 0. The molecule has 0 aromatic heterocycles. The number of hydrogen-bond donors (Lipinski definition) is 1. The number of carbonyl (C=O) groups is 1. The number of rotatable bonds is 1. The molecule has 1 rings (SSSR count). The third kappa shape index (κ3) is 1.40. The van der Waals surface area contributed by atoms with Crippen LogP contribution >= 0.6 is 0 Å². The molecule has 1 aromatic rings. The summed E-state index contributed by atoms with van der Waals surface area (Å²) in [6, 6.07) is 4.92. The van der Waals surface area contributed by atoms with E-state index in [2.05, 4.69) is 6.92 Å². The summed E-state index contributed by atoms with van der Waals surface area (Å²) in [6.45, 7) is 4.97. The maximum absolute atomic E-state index is 10.8. The molecule has 0 unspecified atom stereocenters. The molecule has 0 heterocycles. The Balaban J connectivity index is 3.27. The van der Waals surface area contributed by atoms with Crippen LogP contribution in [0.1, 0.15) is 22.8 Å². The number of para-hydroxylation sites is 1. The quantitative estimate of drug-likeness (QED) is 0.618. The van der Waals surface area contributed by atoms with Crippen LogP contribution in [-0.2, 0) is 0 Å². The average molecular weight is 149 g/mol. The summed E-state index contributed by atoms with van der Waals surface area (Å²) in [5, 5.41) is 9.28. The summed E-state index contributed by atoms with van der Waals surface area (Å²) in [5.41, 5.74) is 0.815. The molecule has 1 radical (unpaired) electrons. The van der Waals surface area contributed by atoms with Crippen molar-refractivity contribution < 1.29 is 9.90 Å². The number of aromatic hydroxyl groups is 1. The van der Waals surface area contributed by atoms with Gasteiger partial charge in [0.1, 0.15) is 5.75 Å². The Morgan fingerprint density at radius 3 is 2.64 bits per heavy atom. The van der Waals surface area contributed by atoms with Gasteiger partial charge in [-0.1, -0.05) is 12.1 Å². The van der Waals surface area contributed by atoms with Gasteiger partial charge >= 0.3 is 0 Å². The number of benzene rings is 1. The summed E-state index contributed by atoms with van der Waals surface area (Å²) < 4.78 is 0. The third-order valence-electron chi connectivity index (χ3n) is 1.50. The van der Waals surface area contributed by atoms with Crippen LogP contribution in [0.25, 0.3) is 0 Å². The van der Waals surface area contributed by atoms with Crippen LogP contribution in [0.15, 0.2) is 18.2 Å². The topological polar surface area (TPSA) is 37.3 Å². The van der Waals surface area contributed by atoms with Gasteiger partial charge in [-0.3, -0.25) is 4.79 Å². The minimum absolute atomic E-state index is 0.0139. The summed E-state index contributed by atoms with van der Waals surface area (Å²) in [4.78, 5) is 10.8. The van der Waals surface area contributed by atoms with Crippen molar-refractivity contribution in [3.05, 3.63) is 36.2 Å². The van der Waals surface area contributed by atoms with Crippen LogP contribution in [0.5, 0.6) is 5.75 Å². The van der Waals surface area contributed by atoms with Gasteiger partial charge in [0.05, 0.1) is 5.56 Å². The zero-order valence-corrected chi connectivity index (χ0v) is 6.29. The van der Waals surface area contributed by atoms with Crippen molar-refractivity contribution >= 4 is 5.78 Å². The van der Waals surface area contributed by atoms with E-state index in [9.17, 15) is 9.90 Å². The highest BCUT2D eigenvalue weighted by atomic mass is 16.3. The van der Waals surface area contributed by atoms with Gasteiger partial charge in [-0.2, -0.15) is 0 Å². The van der Waals surface area contributed by atoms with Crippen molar-refractivity contribution in [2.24, 2.45) is 0 Å². The molecule has 2 nitrogen and oxygen atoms in total. The minimum atomic E-state index is -0.145. The molecule has 57 valence electrons. The van der Waals surface area contributed by atoms with E-state index in [-0.39, 0.29) is 11.5 Å². The van der Waals surface area contributed by atoms with Crippen molar-refractivity contribution in [2.75, 3.05) is 0 Å². The Hall–Kier alpha value is -1.31. The third-order valence-corrected chi connectivity index (χ3v) is 1.50. The lowest BCUT2D eigenvalue weighted by Crippen LogP contribution is -1.93. The Bertz CT molecular complexity index is 290.